The van der Waals surface area contributed by atoms with E-state index < -0.39 is 17.7 Å². The topological polar surface area (TPSA) is 26.0 Å². The van der Waals surface area contributed by atoms with Gasteiger partial charge in [0, 0.05) is 18.0 Å². The van der Waals surface area contributed by atoms with Crippen molar-refractivity contribution in [1.29, 1.82) is 0 Å². The van der Waals surface area contributed by atoms with Crippen molar-refractivity contribution >= 4 is 0 Å². The second-order valence-corrected chi connectivity index (χ2v) is 2.45. The highest BCUT2D eigenvalue weighted by atomic mass is 19.1. The maximum atomic E-state index is 12.6. The van der Waals surface area contributed by atoms with Crippen LogP contribution in [0.2, 0.25) is 0 Å². The van der Waals surface area contributed by atoms with Gasteiger partial charge < -0.3 is 5.73 Å². The minimum absolute atomic E-state index is 0.389. The van der Waals surface area contributed by atoms with Crippen molar-refractivity contribution in [1.82, 2.24) is 0 Å². The highest BCUT2D eigenvalue weighted by Crippen LogP contribution is 2.23. The fourth-order valence-electron chi connectivity index (χ4n) is 0.823. The van der Waals surface area contributed by atoms with E-state index in [9.17, 15) is 8.78 Å². The van der Waals surface area contributed by atoms with Gasteiger partial charge in [-0.15, -0.1) is 0 Å². The first-order valence-corrected chi connectivity index (χ1v) is 3.11. The Bertz CT molecular complexity index is 196. The van der Waals surface area contributed by atoms with Gasteiger partial charge >= 0.3 is 0 Å². The van der Waals surface area contributed by atoms with Gasteiger partial charge in [-0.05, 0) is 6.08 Å². The number of hydrogen-bond acceptors (Lipinski definition) is 1. The Morgan fingerprint density at radius 2 is 2.10 bits per heavy atom. The van der Waals surface area contributed by atoms with Crippen molar-refractivity contribution in [2.45, 2.75) is 13.0 Å². The van der Waals surface area contributed by atoms with Crippen LogP contribution < -0.4 is 5.73 Å². The molecule has 1 aliphatic carbocycles. The highest BCUT2D eigenvalue weighted by molar-refractivity contribution is 5.24. The Hall–Kier alpha value is -0.700. The number of hydrogen-bond donors (Lipinski definition) is 1. The van der Waals surface area contributed by atoms with Gasteiger partial charge in [0.15, 0.2) is 0 Å². The molecule has 0 aromatic rings. The normalized spacial score (nSPS) is 33.2. The summed E-state index contributed by atoms with van der Waals surface area (Å²) in [4.78, 5) is 0. The van der Waals surface area contributed by atoms with Gasteiger partial charge in [-0.25, -0.2) is 8.78 Å². The lowest BCUT2D eigenvalue weighted by atomic mass is 9.96. The third kappa shape index (κ3) is 1.24. The third-order valence-electron chi connectivity index (χ3n) is 1.64. The molecule has 0 bridgehead atoms. The van der Waals surface area contributed by atoms with Gasteiger partial charge in [0.05, 0.1) is 0 Å². The minimum Gasteiger partial charge on any atom is -0.324 e. The van der Waals surface area contributed by atoms with E-state index in [0.717, 1.165) is 6.08 Å². The Kier molecular flexibility index (Phi) is 1.85. The second kappa shape index (κ2) is 2.50. The van der Waals surface area contributed by atoms with Gasteiger partial charge in [-0.2, -0.15) is 0 Å². The fourth-order valence-corrected chi connectivity index (χ4v) is 0.823. The molecule has 0 aliphatic heterocycles. The molecule has 10 heavy (non-hydrogen) atoms. The van der Waals surface area contributed by atoms with Gasteiger partial charge in [-0.1, -0.05) is 6.92 Å². The predicted octanol–water partition coefficient (Wildman–Crippen LogP) is 1.67. The average Bonchev–Trinajstić information content (AvgIpc) is 1.82. The molecule has 2 atom stereocenters. The molecule has 1 aliphatic rings. The standard InChI is InChI=1S/C7H9F2N/c1-4-6(9)2-5(8)3-7(4)10/h2-4,7H,10H2,1H3/t4?,7-/m0/s1. The van der Waals surface area contributed by atoms with E-state index >= 15 is 0 Å². The SMILES string of the molecule is CC1C(F)=CC(F)=C[C@@H]1N. The average molecular weight is 145 g/mol. The third-order valence-corrected chi connectivity index (χ3v) is 1.64. The Balaban J connectivity index is 2.85. The summed E-state index contributed by atoms with van der Waals surface area (Å²) in [6, 6.07) is -0.523. The molecular formula is C7H9F2N. The van der Waals surface area contributed by atoms with Crippen LogP contribution in [0.15, 0.2) is 23.8 Å². The highest BCUT2D eigenvalue weighted by Gasteiger charge is 2.20. The predicted molar refractivity (Wildman–Crippen MR) is 35.5 cm³/mol. The van der Waals surface area contributed by atoms with Crippen molar-refractivity contribution in [3.63, 3.8) is 0 Å². The smallest absolute Gasteiger partial charge is 0.123 e. The molecule has 1 unspecified atom stereocenters. The molecule has 3 heteroatoms. The van der Waals surface area contributed by atoms with Gasteiger partial charge in [-0.3, -0.25) is 0 Å². The van der Waals surface area contributed by atoms with E-state index in [1.54, 1.807) is 6.92 Å². The number of nitrogens with two attached hydrogens (primary N) is 1. The molecule has 2 N–H and O–H groups in total. The molecule has 56 valence electrons. The van der Waals surface area contributed by atoms with Gasteiger partial charge in [0.1, 0.15) is 11.7 Å². The monoisotopic (exact) mass is 145 g/mol. The van der Waals surface area contributed by atoms with E-state index in [0.29, 0.717) is 0 Å². The molecule has 0 saturated carbocycles. The zero-order valence-electron chi connectivity index (χ0n) is 5.64. The molecular weight excluding hydrogens is 136 g/mol. The molecule has 0 radical (unpaired) electrons. The summed E-state index contributed by atoms with van der Waals surface area (Å²) in [7, 11) is 0. The van der Waals surface area contributed by atoms with Crippen LogP contribution in [-0.4, -0.2) is 6.04 Å². The van der Waals surface area contributed by atoms with Crippen LogP contribution in [0.25, 0.3) is 0 Å². The molecule has 0 aromatic heterocycles. The maximum Gasteiger partial charge on any atom is 0.123 e. The summed E-state index contributed by atoms with van der Waals surface area (Å²) in [6.45, 7) is 1.62. The summed E-state index contributed by atoms with van der Waals surface area (Å²) in [5.41, 5.74) is 5.36. The van der Waals surface area contributed by atoms with Crippen molar-refractivity contribution < 1.29 is 8.78 Å². The molecule has 1 rings (SSSR count). The Labute approximate surface area is 58.2 Å². The lowest BCUT2D eigenvalue weighted by Crippen LogP contribution is -2.28. The van der Waals surface area contributed by atoms with Crippen molar-refractivity contribution in [2.75, 3.05) is 0 Å². The van der Waals surface area contributed by atoms with Crippen LogP contribution in [0.5, 0.6) is 0 Å². The van der Waals surface area contributed by atoms with Crippen molar-refractivity contribution in [3.05, 3.63) is 23.8 Å². The zero-order chi connectivity index (χ0) is 7.72. The lowest BCUT2D eigenvalue weighted by Gasteiger charge is -2.17. The van der Waals surface area contributed by atoms with E-state index in [4.69, 9.17) is 5.73 Å². The first kappa shape index (κ1) is 7.41. The lowest BCUT2D eigenvalue weighted by molar-refractivity contribution is 0.439. The summed E-state index contributed by atoms with van der Waals surface area (Å²) < 4.78 is 24.9. The maximum absolute atomic E-state index is 12.6. The van der Waals surface area contributed by atoms with E-state index in [2.05, 4.69) is 0 Å². The van der Waals surface area contributed by atoms with E-state index in [1.165, 1.54) is 6.08 Å². The quantitative estimate of drug-likeness (QED) is 0.551. The van der Waals surface area contributed by atoms with Crippen molar-refractivity contribution in [2.24, 2.45) is 11.7 Å². The number of halogens is 2. The minimum atomic E-state index is -0.580. The molecule has 0 amide bonds. The second-order valence-electron chi connectivity index (χ2n) is 2.45. The van der Waals surface area contributed by atoms with Crippen LogP contribution in [0.1, 0.15) is 6.92 Å². The molecule has 0 spiro atoms. The summed E-state index contributed by atoms with van der Waals surface area (Å²) in [5.74, 6) is -1.45. The largest absolute Gasteiger partial charge is 0.324 e. The summed E-state index contributed by atoms with van der Waals surface area (Å²) in [5, 5.41) is 0. The van der Waals surface area contributed by atoms with Gasteiger partial charge in [0.2, 0.25) is 0 Å². The van der Waals surface area contributed by atoms with E-state index in [1.807, 2.05) is 0 Å². The van der Waals surface area contributed by atoms with Crippen LogP contribution in [-0.2, 0) is 0 Å². The molecule has 0 saturated heterocycles. The van der Waals surface area contributed by atoms with E-state index in [-0.39, 0.29) is 5.92 Å². The Morgan fingerprint density at radius 1 is 1.50 bits per heavy atom. The molecule has 0 heterocycles. The number of allylic oxidation sites excluding steroid dienone is 2. The van der Waals surface area contributed by atoms with Gasteiger partial charge in [0.25, 0.3) is 0 Å². The Morgan fingerprint density at radius 3 is 2.60 bits per heavy atom. The fraction of sp³-hybridized carbons (Fsp3) is 0.429. The van der Waals surface area contributed by atoms with Crippen LogP contribution in [0.4, 0.5) is 8.78 Å². The molecule has 0 aromatic carbocycles. The van der Waals surface area contributed by atoms with Crippen molar-refractivity contribution in [3.8, 4) is 0 Å². The first-order valence-electron chi connectivity index (χ1n) is 3.11. The zero-order valence-corrected chi connectivity index (χ0v) is 5.64. The molecule has 1 nitrogen and oxygen atoms in total. The summed E-state index contributed by atoms with van der Waals surface area (Å²) >= 11 is 0. The van der Waals surface area contributed by atoms with Crippen LogP contribution in [0, 0.1) is 5.92 Å². The first-order chi connectivity index (χ1) is 4.61. The summed E-state index contributed by atoms with van der Waals surface area (Å²) in [6.07, 6.45) is 2.09. The number of rotatable bonds is 0. The van der Waals surface area contributed by atoms with Crippen LogP contribution >= 0.6 is 0 Å². The molecule has 0 fully saturated rings. The van der Waals surface area contributed by atoms with Crippen LogP contribution in [0.3, 0.4) is 0 Å².